The van der Waals surface area contributed by atoms with Crippen LogP contribution in [0.1, 0.15) is 38.7 Å². The van der Waals surface area contributed by atoms with Crippen molar-refractivity contribution >= 4 is 38.6 Å². The zero-order valence-corrected chi connectivity index (χ0v) is 18.4. The van der Waals surface area contributed by atoms with Crippen LogP contribution in [0.2, 0.25) is 0 Å². The molecule has 8 nitrogen and oxygen atoms in total. The van der Waals surface area contributed by atoms with Crippen LogP contribution < -0.4 is 5.32 Å². The molecular weight excluding hydrogens is 418 g/mol. The molecule has 7 rings (SSSR count). The summed E-state index contributed by atoms with van der Waals surface area (Å²) in [4.78, 5) is 28.7. The third-order valence-corrected chi connectivity index (χ3v) is 9.25. The van der Waals surface area contributed by atoms with Gasteiger partial charge in [0.2, 0.25) is 17.3 Å². The van der Waals surface area contributed by atoms with E-state index in [4.69, 9.17) is 0 Å². The Morgan fingerprint density at radius 1 is 1.26 bits per heavy atom. The zero-order valence-electron chi connectivity index (χ0n) is 17.6. The molecule has 3 atom stereocenters. The minimum Gasteiger partial charge on any atom is -0.618 e. The van der Waals surface area contributed by atoms with Gasteiger partial charge in [0.05, 0.1) is 21.4 Å². The first kappa shape index (κ1) is 19.0. The Kier molecular flexibility index (Phi) is 3.19. The maximum Gasteiger partial charge on any atom is 0.253 e. The first-order valence-electron chi connectivity index (χ1n) is 10.5. The van der Waals surface area contributed by atoms with Crippen LogP contribution in [0.3, 0.4) is 0 Å². The number of allylic oxidation sites excluding steroid dienone is 1. The van der Waals surface area contributed by atoms with Crippen LogP contribution >= 0.6 is 0 Å². The molecule has 4 saturated heterocycles. The average molecular weight is 442 g/mol. The number of benzene rings is 1. The van der Waals surface area contributed by atoms with E-state index in [-0.39, 0.29) is 28.3 Å². The highest BCUT2D eigenvalue weighted by atomic mass is 32.2. The van der Waals surface area contributed by atoms with Gasteiger partial charge < -0.3 is 15.4 Å². The van der Waals surface area contributed by atoms with Gasteiger partial charge in [-0.1, -0.05) is 0 Å². The molecule has 2 amide bonds. The van der Waals surface area contributed by atoms with Gasteiger partial charge in [0.25, 0.3) is 5.91 Å². The number of piperidine rings is 2. The lowest BCUT2D eigenvalue weighted by Crippen LogP contribution is -2.83. The molecule has 9 heteroatoms. The number of piperazine rings is 1. The number of hydrogen-bond acceptors (Lipinski definition) is 5. The van der Waals surface area contributed by atoms with Crippen molar-refractivity contribution in [2.75, 3.05) is 12.8 Å². The summed E-state index contributed by atoms with van der Waals surface area (Å²) < 4.78 is 24.9. The molecule has 1 aliphatic carbocycles. The first-order chi connectivity index (χ1) is 14.4. The fourth-order valence-corrected chi connectivity index (χ4v) is 7.34. The van der Waals surface area contributed by atoms with Gasteiger partial charge in [-0.2, -0.15) is 4.74 Å². The molecule has 6 aliphatic rings. The molecule has 5 aliphatic heterocycles. The summed E-state index contributed by atoms with van der Waals surface area (Å²) in [6, 6.07) is 4.51. The molecule has 0 saturated carbocycles. The topological polar surface area (TPSA) is 110 Å². The van der Waals surface area contributed by atoms with E-state index < -0.39 is 26.3 Å². The summed E-state index contributed by atoms with van der Waals surface area (Å²) in [5.74, 6) is -0.473. The second kappa shape index (κ2) is 5.20. The Labute approximate surface area is 180 Å². The fourth-order valence-electron chi connectivity index (χ4n) is 6.70. The molecule has 4 fully saturated rings. The van der Waals surface area contributed by atoms with Gasteiger partial charge >= 0.3 is 0 Å². The predicted octanol–water partition coefficient (Wildman–Crippen LogP) is 1.36. The molecule has 162 valence electrons. The summed E-state index contributed by atoms with van der Waals surface area (Å²) in [7, 11) is -3.48. The van der Waals surface area contributed by atoms with E-state index in [0.29, 0.717) is 36.2 Å². The maximum absolute atomic E-state index is 13.7. The van der Waals surface area contributed by atoms with Crippen LogP contribution in [-0.2, 0) is 19.4 Å². The van der Waals surface area contributed by atoms with E-state index >= 15 is 0 Å². The van der Waals surface area contributed by atoms with Gasteiger partial charge in [-0.3, -0.25) is 9.59 Å². The fraction of sp³-hybridized carbons (Fsp3) is 0.500. The second-order valence-corrected chi connectivity index (χ2v) is 12.1. The molecule has 5 heterocycles. The van der Waals surface area contributed by atoms with Crippen molar-refractivity contribution in [1.29, 1.82) is 0 Å². The van der Waals surface area contributed by atoms with E-state index in [0.717, 1.165) is 17.4 Å². The van der Waals surface area contributed by atoms with E-state index in [2.05, 4.69) is 5.32 Å². The van der Waals surface area contributed by atoms with Gasteiger partial charge in [0.15, 0.2) is 9.84 Å². The van der Waals surface area contributed by atoms with Crippen molar-refractivity contribution in [3.63, 3.8) is 0 Å². The summed E-state index contributed by atoms with van der Waals surface area (Å²) in [6.45, 7) is 4.47. The smallest absolute Gasteiger partial charge is 0.253 e. The van der Waals surface area contributed by atoms with Crippen LogP contribution in [-0.4, -0.2) is 59.5 Å². The molecule has 1 N–H and O–H groups in total. The lowest BCUT2D eigenvalue weighted by molar-refractivity contribution is -0.362. The zero-order chi connectivity index (χ0) is 22.1. The second-order valence-electron chi connectivity index (χ2n) is 10.0. The van der Waals surface area contributed by atoms with Gasteiger partial charge in [-0.25, -0.2) is 8.42 Å². The van der Waals surface area contributed by atoms with Gasteiger partial charge in [0.1, 0.15) is 11.1 Å². The van der Waals surface area contributed by atoms with Crippen molar-refractivity contribution in [2.24, 2.45) is 11.3 Å². The Hall–Kier alpha value is -2.68. The Morgan fingerprint density at radius 2 is 2.00 bits per heavy atom. The highest BCUT2D eigenvalue weighted by molar-refractivity contribution is 7.90. The van der Waals surface area contributed by atoms with Crippen molar-refractivity contribution < 1.29 is 22.7 Å². The van der Waals surface area contributed by atoms with Gasteiger partial charge in [0, 0.05) is 24.8 Å². The normalized spacial score (nSPS) is 34.7. The summed E-state index contributed by atoms with van der Waals surface area (Å²) in [6.07, 6.45) is 4.81. The molecule has 2 spiro atoms. The van der Waals surface area contributed by atoms with E-state index in [1.165, 1.54) is 12.1 Å². The van der Waals surface area contributed by atoms with Crippen LogP contribution in [0.4, 0.5) is 5.69 Å². The lowest BCUT2D eigenvalue weighted by atomic mass is 9.51. The molecule has 1 unspecified atom stereocenters. The van der Waals surface area contributed by atoms with E-state index in [9.17, 15) is 23.2 Å². The molecule has 2 bridgehead atoms. The number of fused-ring (bicyclic) bond motifs is 4. The Morgan fingerprint density at radius 3 is 2.71 bits per heavy atom. The lowest BCUT2D eigenvalue weighted by Gasteiger charge is -2.62. The predicted molar refractivity (Wildman–Crippen MR) is 112 cm³/mol. The number of amides is 2. The molecule has 0 radical (unpaired) electrons. The number of hydrogen-bond donors (Lipinski definition) is 1. The average Bonchev–Trinajstić information content (AvgIpc) is 3.24. The molecule has 0 aromatic heterocycles. The number of carbonyl (C=O) groups excluding carboxylic acids is 2. The molecule has 1 aromatic rings. The minimum absolute atomic E-state index is 0.0742. The monoisotopic (exact) mass is 441 g/mol. The first-order valence-corrected chi connectivity index (χ1v) is 12.4. The molecule has 1 aromatic carbocycles. The minimum atomic E-state index is -3.48. The Bertz CT molecular complexity index is 1290. The highest BCUT2D eigenvalue weighted by Crippen LogP contribution is 2.60. The third kappa shape index (κ3) is 1.97. The summed E-state index contributed by atoms with van der Waals surface area (Å²) in [5, 5.41) is 16.5. The number of rotatable bonds is 1. The highest BCUT2D eigenvalue weighted by Gasteiger charge is 2.73. The van der Waals surface area contributed by atoms with E-state index in [1.54, 1.807) is 17.0 Å². The van der Waals surface area contributed by atoms with Crippen molar-refractivity contribution in [3.8, 4) is 0 Å². The van der Waals surface area contributed by atoms with Crippen molar-refractivity contribution in [2.45, 2.75) is 49.1 Å². The van der Waals surface area contributed by atoms with Crippen LogP contribution in [0, 0.1) is 16.5 Å². The SMILES string of the molecule is CC1(C)C2=[N+]([O-])c3cc(S(C)(=O)=O)ccc3C2=C[C@@]23NC(=O)[C@]4(CCCN4C2=O)CC13. The molecule has 31 heavy (non-hydrogen) atoms. The Balaban J connectivity index is 1.63. The van der Waals surface area contributed by atoms with Crippen LogP contribution in [0.15, 0.2) is 29.2 Å². The van der Waals surface area contributed by atoms with E-state index in [1.807, 2.05) is 13.8 Å². The van der Waals surface area contributed by atoms with Crippen molar-refractivity contribution in [3.05, 3.63) is 35.0 Å². The van der Waals surface area contributed by atoms with Crippen LogP contribution in [0.5, 0.6) is 0 Å². The standard InChI is InChI=1S/C22H23N3O5S/c1-20(2)16-11-21-7-4-8-24(21)19(27)22(16,23-18(21)26)10-14-13-6-5-12(31(3,29)30)9-15(13)25(28)17(14)20/h5-6,9-10,16H,4,7-8,11H2,1-3H3,(H,23,26)/t16?,21-,22-/m0/s1. The van der Waals surface area contributed by atoms with Gasteiger partial charge in [-0.15, -0.1) is 0 Å². The number of nitrogens with zero attached hydrogens (tertiary/aromatic N) is 2. The number of carbonyl (C=O) groups is 2. The van der Waals surface area contributed by atoms with Gasteiger partial charge in [-0.05, 0) is 51.3 Å². The quantitative estimate of drug-likeness (QED) is 0.523. The summed E-state index contributed by atoms with van der Waals surface area (Å²) in [5.41, 5.74) is -0.740. The largest absolute Gasteiger partial charge is 0.618 e. The maximum atomic E-state index is 13.7. The number of sulfone groups is 1. The number of nitrogens with one attached hydrogen (secondary N) is 1. The molecular formula is C22H23N3O5S. The van der Waals surface area contributed by atoms with Crippen molar-refractivity contribution in [1.82, 2.24) is 10.2 Å². The third-order valence-electron chi connectivity index (χ3n) is 8.14. The summed E-state index contributed by atoms with van der Waals surface area (Å²) >= 11 is 0. The van der Waals surface area contributed by atoms with Crippen LogP contribution in [0.25, 0.3) is 5.57 Å².